The lowest BCUT2D eigenvalue weighted by atomic mass is 10.1. The van der Waals surface area contributed by atoms with Gasteiger partial charge in [0.1, 0.15) is 0 Å². The zero-order valence-corrected chi connectivity index (χ0v) is 17.1. The molecule has 0 radical (unpaired) electrons. The topological polar surface area (TPSA) is 80.2 Å². The maximum Gasteiger partial charge on any atom is 0.257 e. The van der Waals surface area contributed by atoms with Gasteiger partial charge in [0.05, 0.1) is 17.0 Å². The van der Waals surface area contributed by atoms with Crippen LogP contribution in [0.25, 0.3) is 10.9 Å². The van der Waals surface area contributed by atoms with Gasteiger partial charge in [0.25, 0.3) is 5.91 Å². The van der Waals surface area contributed by atoms with Crippen molar-refractivity contribution < 1.29 is 13.2 Å². The number of sulfonamides is 1. The molecule has 0 bridgehead atoms. The van der Waals surface area contributed by atoms with E-state index in [1.54, 1.807) is 31.2 Å². The molecule has 2 N–H and O–H groups in total. The second-order valence-electron chi connectivity index (χ2n) is 7.14. The maximum atomic E-state index is 12.7. The van der Waals surface area contributed by atoms with Crippen molar-refractivity contribution in [1.82, 2.24) is 4.57 Å². The van der Waals surface area contributed by atoms with Gasteiger partial charge >= 0.3 is 0 Å². The van der Waals surface area contributed by atoms with Gasteiger partial charge in [-0.05, 0) is 49.2 Å². The van der Waals surface area contributed by atoms with Crippen molar-refractivity contribution in [1.29, 1.82) is 0 Å². The number of carbonyl (C=O) groups excluding carboxylic acids is 1. The molecule has 0 aliphatic rings. The summed E-state index contributed by atoms with van der Waals surface area (Å²) in [6, 6.07) is 14.4. The van der Waals surface area contributed by atoms with Crippen LogP contribution < -0.4 is 10.0 Å². The minimum absolute atomic E-state index is 0.0625. The summed E-state index contributed by atoms with van der Waals surface area (Å²) in [4.78, 5) is 12.7. The molecular weight excluding hydrogens is 374 g/mol. The lowest BCUT2D eigenvalue weighted by Crippen LogP contribution is -2.19. The Hall–Kier alpha value is -2.80. The average Bonchev–Trinajstić information content (AvgIpc) is 3.03. The Morgan fingerprint density at radius 2 is 1.86 bits per heavy atom. The van der Waals surface area contributed by atoms with Crippen LogP contribution in [0, 0.1) is 5.92 Å². The summed E-state index contributed by atoms with van der Waals surface area (Å²) >= 11 is 0. The molecule has 0 saturated carbocycles. The third kappa shape index (κ3) is 4.54. The first kappa shape index (κ1) is 19.9. The Labute approximate surface area is 165 Å². The molecule has 0 saturated heterocycles. The molecule has 0 fully saturated rings. The first-order valence-corrected chi connectivity index (χ1v) is 10.9. The van der Waals surface area contributed by atoms with Gasteiger partial charge in [-0.2, -0.15) is 0 Å². The predicted molar refractivity (Wildman–Crippen MR) is 114 cm³/mol. The molecule has 0 aliphatic heterocycles. The Kier molecular flexibility index (Phi) is 5.74. The number of amides is 1. The largest absolute Gasteiger partial charge is 0.347 e. The third-order valence-corrected chi connectivity index (χ3v) is 5.70. The van der Waals surface area contributed by atoms with E-state index in [1.807, 2.05) is 30.5 Å². The van der Waals surface area contributed by atoms with Crippen molar-refractivity contribution in [2.24, 2.45) is 5.92 Å². The van der Waals surface area contributed by atoms with Crippen LogP contribution in [0.4, 0.5) is 11.4 Å². The first-order valence-electron chi connectivity index (χ1n) is 9.29. The van der Waals surface area contributed by atoms with Gasteiger partial charge in [0.15, 0.2) is 0 Å². The molecule has 2 aromatic carbocycles. The number of hydrogen-bond acceptors (Lipinski definition) is 3. The van der Waals surface area contributed by atoms with Gasteiger partial charge in [-0.1, -0.05) is 26.0 Å². The summed E-state index contributed by atoms with van der Waals surface area (Å²) < 4.78 is 28.4. The molecule has 148 valence electrons. The van der Waals surface area contributed by atoms with E-state index >= 15 is 0 Å². The highest BCUT2D eigenvalue weighted by Crippen LogP contribution is 2.23. The van der Waals surface area contributed by atoms with Crippen LogP contribution in [-0.4, -0.2) is 24.6 Å². The number of hydrogen-bond donors (Lipinski definition) is 2. The van der Waals surface area contributed by atoms with Crippen molar-refractivity contribution in [3.63, 3.8) is 0 Å². The third-order valence-electron chi connectivity index (χ3n) is 4.41. The number of rotatable bonds is 7. The SMILES string of the molecule is CCS(=O)(=O)Nc1ccccc1C(=O)Nc1ccc2c(ccn2CC(C)C)c1. The Morgan fingerprint density at radius 1 is 1.11 bits per heavy atom. The number of anilines is 2. The van der Waals surface area contributed by atoms with Gasteiger partial charge in [0.2, 0.25) is 10.0 Å². The number of benzene rings is 2. The summed E-state index contributed by atoms with van der Waals surface area (Å²) in [6.45, 7) is 6.82. The average molecular weight is 400 g/mol. The van der Waals surface area contributed by atoms with Gasteiger partial charge in [0, 0.05) is 29.3 Å². The minimum Gasteiger partial charge on any atom is -0.347 e. The fourth-order valence-electron chi connectivity index (χ4n) is 3.04. The summed E-state index contributed by atoms with van der Waals surface area (Å²) in [5.74, 6) is 0.112. The molecule has 0 atom stereocenters. The highest BCUT2D eigenvalue weighted by atomic mass is 32.2. The molecule has 3 aromatic rings. The quantitative estimate of drug-likeness (QED) is 0.621. The van der Waals surface area contributed by atoms with Crippen LogP contribution in [0.3, 0.4) is 0 Å². The van der Waals surface area contributed by atoms with Crippen LogP contribution in [-0.2, 0) is 16.6 Å². The van der Waals surface area contributed by atoms with Crippen LogP contribution in [0.1, 0.15) is 31.1 Å². The molecule has 1 aromatic heterocycles. The van der Waals surface area contributed by atoms with Gasteiger partial charge in [-0.15, -0.1) is 0 Å². The second-order valence-corrected chi connectivity index (χ2v) is 9.15. The van der Waals surface area contributed by atoms with E-state index in [9.17, 15) is 13.2 Å². The fourth-order valence-corrected chi connectivity index (χ4v) is 3.70. The lowest BCUT2D eigenvalue weighted by molar-refractivity contribution is 0.102. The molecule has 1 heterocycles. The van der Waals surface area contributed by atoms with E-state index in [2.05, 4.69) is 28.5 Å². The monoisotopic (exact) mass is 399 g/mol. The van der Waals surface area contributed by atoms with E-state index < -0.39 is 10.0 Å². The van der Waals surface area contributed by atoms with Crippen LogP contribution in [0.2, 0.25) is 0 Å². The smallest absolute Gasteiger partial charge is 0.257 e. The zero-order valence-electron chi connectivity index (χ0n) is 16.3. The minimum atomic E-state index is -3.47. The fraction of sp³-hybridized carbons (Fsp3) is 0.286. The van der Waals surface area contributed by atoms with Crippen LogP contribution >= 0.6 is 0 Å². The molecule has 3 rings (SSSR count). The van der Waals surface area contributed by atoms with E-state index in [4.69, 9.17) is 0 Å². The van der Waals surface area contributed by atoms with Crippen LogP contribution in [0.5, 0.6) is 0 Å². The maximum absolute atomic E-state index is 12.7. The first-order chi connectivity index (χ1) is 13.3. The van der Waals surface area contributed by atoms with Gasteiger partial charge in [-0.3, -0.25) is 9.52 Å². The normalized spacial score (nSPS) is 11.7. The zero-order chi connectivity index (χ0) is 20.3. The molecule has 0 unspecified atom stereocenters. The number of carbonyl (C=O) groups is 1. The van der Waals surface area contributed by atoms with Gasteiger partial charge in [-0.25, -0.2) is 8.42 Å². The molecule has 6 nitrogen and oxygen atoms in total. The Balaban J connectivity index is 1.84. The predicted octanol–water partition coefficient (Wildman–Crippen LogP) is 4.31. The van der Waals surface area contributed by atoms with E-state index in [0.29, 0.717) is 11.6 Å². The van der Waals surface area contributed by atoms with E-state index in [0.717, 1.165) is 17.4 Å². The molecule has 7 heteroatoms. The van der Waals surface area contributed by atoms with Gasteiger partial charge < -0.3 is 9.88 Å². The highest BCUT2D eigenvalue weighted by molar-refractivity contribution is 7.92. The van der Waals surface area contributed by atoms with E-state index in [1.165, 1.54) is 0 Å². The van der Waals surface area contributed by atoms with Crippen molar-refractivity contribution in [2.45, 2.75) is 27.3 Å². The molecular formula is C21H25N3O3S. The molecule has 0 aliphatic carbocycles. The summed E-state index contributed by atoms with van der Waals surface area (Å²) in [5, 5.41) is 3.90. The highest BCUT2D eigenvalue weighted by Gasteiger charge is 2.15. The molecule has 1 amide bonds. The summed E-state index contributed by atoms with van der Waals surface area (Å²) in [6.07, 6.45) is 2.05. The van der Waals surface area contributed by atoms with Crippen molar-refractivity contribution in [3.8, 4) is 0 Å². The Morgan fingerprint density at radius 3 is 2.57 bits per heavy atom. The molecule has 28 heavy (non-hydrogen) atoms. The number of aromatic nitrogens is 1. The van der Waals surface area contributed by atoms with Crippen molar-refractivity contribution >= 4 is 38.2 Å². The number of para-hydroxylation sites is 1. The Bertz CT molecular complexity index is 1100. The number of nitrogens with one attached hydrogen (secondary N) is 2. The number of nitrogens with zero attached hydrogens (tertiary/aromatic N) is 1. The number of fused-ring (bicyclic) bond motifs is 1. The van der Waals surface area contributed by atoms with Crippen molar-refractivity contribution in [3.05, 3.63) is 60.3 Å². The molecule has 0 spiro atoms. The van der Waals surface area contributed by atoms with E-state index in [-0.39, 0.29) is 22.9 Å². The second kappa shape index (κ2) is 8.06. The van der Waals surface area contributed by atoms with Crippen LogP contribution in [0.15, 0.2) is 54.7 Å². The summed E-state index contributed by atoms with van der Waals surface area (Å²) in [5.41, 5.74) is 2.32. The van der Waals surface area contributed by atoms with Crippen molar-refractivity contribution in [2.75, 3.05) is 15.8 Å². The standard InChI is InChI=1S/C21H25N3O3S/c1-4-28(26,27)23-19-8-6-5-7-18(19)21(25)22-17-9-10-20-16(13-17)11-12-24(20)14-15(2)3/h5-13,15,23H,4,14H2,1-3H3,(H,22,25). The lowest BCUT2D eigenvalue weighted by Gasteiger charge is -2.12. The summed E-state index contributed by atoms with van der Waals surface area (Å²) in [7, 11) is -3.47.